The second-order valence-corrected chi connectivity index (χ2v) is 4.93. The molecular formula is C16H16FN3O. The molecule has 0 saturated heterocycles. The quantitative estimate of drug-likeness (QED) is 0.833. The van der Waals surface area contributed by atoms with Crippen LogP contribution in [-0.4, -0.2) is 11.9 Å². The molecule has 3 rings (SSSR count). The highest BCUT2D eigenvalue weighted by molar-refractivity contribution is 6.01. The highest BCUT2D eigenvalue weighted by Crippen LogP contribution is 2.31. The van der Waals surface area contributed by atoms with Gasteiger partial charge in [0, 0.05) is 17.3 Å². The predicted molar refractivity (Wildman–Crippen MR) is 82.1 cm³/mol. The van der Waals surface area contributed by atoms with E-state index >= 15 is 0 Å². The van der Waals surface area contributed by atoms with Crippen LogP contribution in [0.5, 0.6) is 5.75 Å². The summed E-state index contributed by atoms with van der Waals surface area (Å²) in [5.41, 5.74) is 7.75. The van der Waals surface area contributed by atoms with Crippen molar-refractivity contribution in [3.8, 4) is 5.75 Å². The van der Waals surface area contributed by atoms with Crippen LogP contribution in [0.3, 0.4) is 0 Å². The molecule has 1 heterocycles. The number of halogens is 1. The van der Waals surface area contributed by atoms with Gasteiger partial charge in [0.15, 0.2) is 6.10 Å². The molecule has 5 heteroatoms. The van der Waals surface area contributed by atoms with Gasteiger partial charge in [-0.05, 0) is 25.1 Å². The van der Waals surface area contributed by atoms with Crippen LogP contribution in [-0.2, 0) is 6.54 Å². The van der Waals surface area contributed by atoms with E-state index in [0.717, 1.165) is 5.69 Å². The van der Waals surface area contributed by atoms with Crippen LogP contribution in [0.1, 0.15) is 12.5 Å². The first-order valence-electron chi connectivity index (χ1n) is 6.74. The van der Waals surface area contributed by atoms with Gasteiger partial charge in [0.1, 0.15) is 17.4 Å². The van der Waals surface area contributed by atoms with E-state index in [1.54, 1.807) is 30.3 Å². The molecule has 0 radical (unpaired) electrons. The van der Waals surface area contributed by atoms with E-state index in [2.05, 4.69) is 10.3 Å². The van der Waals surface area contributed by atoms with Gasteiger partial charge in [-0.25, -0.2) is 4.39 Å². The molecule has 0 aliphatic carbocycles. The van der Waals surface area contributed by atoms with Crippen LogP contribution in [0.25, 0.3) is 0 Å². The van der Waals surface area contributed by atoms with Gasteiger partial charge in [-0.15, -0.1) is 0 Å². The summed E-state index contributed by atoms with van der Waals surface area (Å²) >= 11 is 0. The van der Waals surface area contributed by atoms with Crippen LogP contribution >= 0.6 is 0 Å². The molecule has 108 valence electrons. The second kappa shape index (κ2) is 5.44. The molecule has 1 aliphatic heterocycles. The van der Waals surface area contributed by atoms with Crippen molar-refractivity contribution in [1.82, 2.24) is 0 Å². The minimum Gasteiger partial charge on any atom is -0.481 e. The molecular weight excluding hydrogens is 269 g/mol. The Morgan fingerprint density at radius 2 is 2.10 bits per heavy atom. The largest absolute Gasteiger partial charge is 0.481 e. The monoisotopic (exact) mass is 285 g/mol. The maximum atomic E-state index is 13.6. The van der Waals surface area contributed by atoms with Crippen LogP contribution < -0.4 is 15.8 Å². The lowest BCUT2D eigenvalue weighted by Crippen LogP contribution is -2.35. The minimum absolute atomic E-state index is 0.230. The summed E-state index contributed by atoms with van der Waals surface area (Å²) in [4.78, 5) is 4.43. The fourth-order valence-electron chi connectivity index (χ4n) is 2.19. The Morgan fingerprint density at radius 1 is 1.29 bits per heavy atom. The van der Waals surface area contributed by atoms with E-state index in [-0.39, 0.29) is 18.5 Å². The van der Waals surface area contributed by atoms with Crippen LogP contribution in [0.2, 0.25) is 0 Å². The Bertz CT molecular complexity index is 700. The Kier molecular flexibility index (Phi) is 3.48. The third kappa shape index (κ3) is 2.81. The SMILES string of the molecule is CC1Oc2cc(N)ccc2NC1=NCc1ccccc1F. The number of nitrogen functional groups attached to an aromatic ring is 1. The minimum atomic E-state index is -0.251. The van der Waals surface area contributed by atoms with Gasteiger partial charge in [0.25, 0.3) is 0 Å². The Hall–Kier alpha value is -2.56. The van der Waals surface area contributed by atoms with Gasteiger partial charge in [-0.2, -0.15) is 0 Å². The molecule has 2 aromatic carbocycles. The number of anilines is 2. The number of aliphatic imine (C=N–C) groups is 1. The summed E-state index contributed by atoms with van der Waals surface area (Å²) in [6.45, 7) is 2.16. The standard InChI is InChI=1S/C16H16FN3O/c1-10-16(19-9-11-4-2-3-5-13(11)17)20-14-7-6-12(18)8-15(14)21-10/h2-8,10H,9,18H2,1H3,(H,19,20). The van der Waals surface area contributed by atoms with Crippen molar-refractivity contribution in [2.75, 3.05) is 11.1 Å². The summed E-state index contributed by atoms with van der Waals surface area (Å²) < 4.78 is 19.4. The summed E-state index contributed by atoms with van der Waals surface area (Å²) in [7, 11) is 0. The topological polar surface area (TPSA) is 59.6 Å². The number of nitrogens with zero attached hydrogens (tertiary/aromatic N) is 1. The smallest absolute Gasteiger partial charge is 0.153 e. The van der Waals surface area contributed by atoms with Gasteiger partial charge in [0.2, 0.25) is 0 Å². The Morgan fingerprint density at radius 3 is 2.90 bits per heavy atom. The van der Waals surface area contributed by atoms with Gasteiger partial charge in [-0.3, -0.25) is 4.99 Å². The highest BCUT2D eigenvalue weighted by atomic mass is 19.1. The lowest BCUT2D eigenvalue weighted by molar-refractivity contribution is 0.282. The van der Waals surface area contributed by atoms with E-state index in [1.807, 2.05) is 13.0 Å². The highest BCUT2D eigenvalue weighted by Gasteiger charge is 2.21. The van der Waals surface area contributed by atoms with Gasteiger partial charge >= 0.3 is 0 Å². The number of benzene rings is 2. The van der Waals surface area contributed by atoms with Crippen molar-refractivity contribution in [1.29, 1.82) is 0 Å². The molecule has 0 aromatic heterocycles. The summed E-state index contributed by atoms with van der Waals surface area (Å²) in [6.07, 6.45) is -0.230. The lowest BCUT2D eigenvalue weighted by atomic mass is 10.2. The number of ether oxygens (including phenoxy) is 1. The number of rotatable bonds is 2. The zero-order valence-corrected chi connectivity index (χ0v) is 11.6. The molecule has 0 amide bonds. The van der Waals surface area contributed by atoms with Crippen molar-refractivity contribution in [2.45, 2.75) is 19.6 Å². The van der Waals surface area contributed by atoms with E-state index in [9.17, 15) is 4.39 Å². The molecule has 1 aliphatic rings. The molecule has 0 saturated carbocycles. The maximum Gasteiger partial charge on any atom is 0.153 e. The fourth-order valence-corrected chi connectivity index (χ4v) is 2.19. The molecule has 1 unspecified atom stereocenters. The summed E-state index contributed by atoms with van der Waals surface area (Å²) in [5, 5.41) is 3.21. The molecule has 4 nitrogen and oxygen atoms in total. The molecule has 1 atom stereocenters. The average Bonchev–Trinajstić information content (AvgIpc) is 2.46. The molecule has 21 heavy (non-hydrogen) atoms. The fraction of sp³-hybridized carbons (Fsp3) is 0.188. The lowest BCUT2D eigenvalue weighted by Gasteiger charge is -2.26. The molecule has 0 fully saturated rings. The number of hydrogen-bond donors (Lipinski definition) is 2. The van der Waals surface area contributed by atoms with Crippen LogP contribution in [0.15, 0.2) is 47.5 Å². The number of nitrogens with two attached hydrogens (primary N) is 1. The number of nitrogens with one attached hydrogen (secondary N) is 1. The zero-order chi connectivity index (χ0) is 14.8. The van der Waals surface area contributed by atoms with Crippen molar-refractivity contribution < 1.29 is 9.13 Å². The van der Waals surface area contributed by atoms with Crippen molar-refractivity contribution in [3.63, 3.8) is 0 Å². The van der Waals surface area contributed by atoms with Crippen LogP contribution in [0.4, 0.5) is 15.8 Å². The molecule has 0 spiro atoms. The molecule has 2 aromatic rings. The number of hydrogen-bond acceptors (Lipinski definition) is 3. The van der Waals surface area contributed by atoms with Gasteiger partial charge < -0.3 is 15.8 Å². The Labute approximate surface area is 122 Å². The first-order chi connectivity index (χ1) is 10.1. The van der Waals surface area contributed by atoms with Gasteiger partial charge in [-0.1, -0.05) is 18.2 Å². The molecule has 0 bridgehead atoms. The third-order valence-corrected chi connectivity index (χ3v) is 3.33. The zero-order valence-electron chi connectivity index (χ0n) is 11.6. The second-order valence-electron chi connectivity index (χ2n) is 4.93. The van der Waals surface area contributed by atoms with Crippen molar-refractivity contribution in [2.24, 2.45) is 4.99 Å². The summed E-state index contributed by atoms with van der Waals surface area (Å²) in [6, 6.07) is 12.0. The van der Waals surface area contributed by atoms with Crippen LogP contribution in [0, 0.1) is 5.82 Å². The van der Waals surface area contributed by atoms with Crippen molar-refractivity contribution in [3.05, 3.63) is 53.8 Å². The number of fused-ring (bicyclic) bond motifs is 1. The first-order valence-corrected chi connectivity index (χ1v) is 6.74. The summed E-state index contributed by atoms with van der Waals surface area (Å²) in [5.74, 6) is 1.13. The van der Waals surface area contributed by atoms with Gasteiger partial charge in [0.05, 0.1) is 12.2 Å². The average molecular weight is 285 g/mol. The first kappa shape index (κ1) is 13.4. The maximum absolute atomic E-state index is 13.6. The third-order valence-electron chi connectivity index (χ3n) is 3.33. The van der Waals surface area contributed by atoms with E-state index in [0.29, 0.717) is 22.8 Å². The van der Waals surface area contributed by atoms with E-state index in [4.69, 9.17) is 10.5 Å². The van der Waals surface area contributed by atoms with E-state index in [1.165, 1.54) is 6.07 Å². The predicted octanol–water partition coefficient (Wildman–Crippen LogP) is 3.20. The van der Waals surface area contributed by atoms with Crippen molar-refractivity contribution >= 4 is 17.2 Å². The normalized spacial score (nSPS) is 18.8. The number of amidine groups is 1. The van der Waals surface area contributed by atoms with E-state index < -0.39 is 0 Å². The Balaban J connectivity index is 1.82. The molecule has 3 N–H and O–H groups in total.